The monoisotopic (exact) mass is 324 g/mol. The molecule has 1 unspecified atom stereocenters. The van der Waals surface area contributed by atoms with Gasteiger partial charge in [0, 0.05) is 23.1 Å². The molecule has 5 nitrogen and oxygen atoms in total. The molecule has 2 aromatic carbocycles. The molecule has 0 saturated heterocycles. The van der Waals surface area contributed by atoms with Crippen LogP contribution in [0.5, 0.6) is 0 Å². The van der Waals surface area contributed by atoms with E-state index in [-0.39, 0.29) is 11.4 Å². The van der Waals surface area contributed by atoms with Crippen LogP contribution in [0.15, 0.2) is 47.4 Å². The van der Waals surface area contributed by atoms with E-state index in [1.807, 2.05) is 0 Å². The van der Waals surface area contributed by atoms with Crippen molar-refractivity contribution in [2.24, 2.45) is 0 Å². The van der Waals surface area contributed by atoms with E-state index >= 15 is 0 Å². The summed E-state index contributed by atoms with van der Waals surface area (Å²) in [6, 6.07) is 11.2. The number of hydrogen-bond acceptors (Lipinski definition) is 4. The van der Waals surface area contributed by atoms with Gasteiger partial charge in [-0.05, 0) is 24.6 Å². The summed E-state index contributed by atoms with van der Waals surface area (Å²) in [7, 11) is -1.34. The molecule has 21 heavy (non-hydrogen) atoms. The van der Waals surface area contributed by atoms with Crippen LogP contribution in [0.4, 0.5) is 11.4 Å². The van der Waals surface area contributed by atoms with Gasteiger partial charge in [0.05, 0.1) is 25.6 Å². The zero-order chi connectivity index (χ0) is 15.4. The Morgan fingerprint density at radius 2 is 1.95 bits per heavy atom. The summed E-state index contributed by atoms with van der Waals surface area (Å²) in [4.78, 5) is 11.0. The Hall–Kier alpha value is -1.92. The molecule has 2 rings (SSSR count). The second-order valence-corrected chi connectivity index (χ2v) is 6.32. The minimum absolute atomic E-state index is 0.0397. The van der Waals surface area contributed by atoms with Crippen LogP contribution in [0.2, 0.25) is 5.02 Å². The van der Waals surface area contributed by atoms with E-state index in [2.05, 4.69) is 0 Å². The SMILES string of the molecule is Nc1ccc(S(=O)CCc2ccccc2[N+](=O)[O-])c(Cl)c1. The van der Waals surface area contributed by atoms with Gasteiger partial charge in [-0.15, -0.1) is 0 Å². The van der Waals surface area contributed by atoms with Gasteiger partial charge in [-0.1, -0.05) is 29.8 Å². The number of nitrogens with two attached hydrogens (primary N) is 1. The van der Waals surface area contributed by atoms with Crippen LogP contribution in [0.1, 0.15) is 5.56 Å². The van der Waals surface area contributed by atoms with Crippen LogP contribution in [-0.4, -0.2) is 14.9 Å². The Labute approximate surface area is 129 Å². The number of nitro benzene ring substituents is 1. The van der Waals surface area contributed by atoms with Crippen molar-refractivity contribution in [3.8, 4) is 0 Å². The van der Waals surface area contributed by atoms with E-state index < -0.39 is 15.7 Å². The van der Waals surface area contributed by atoms with Gasteiger partial charge in [0.1, 0.15) is 0 Å². The third kappa shape index (κ3) is 3.80. The van der Waals surface area contributed by atoms with Crippen molar-refractivity contribution < 1.29 is 9.13 Å². The number of nitrogens with zero attached hydrogens (tertiary/aromatic N) is 1. The molecular formula is C14H13ClN2O3S. The number of anilines is 1. The predicted molar refractivity (Wildman–Crippen MR) is 83.9 cm³/mol. The fourth-order valence-corrected chi connectivity index (χ4v) is 3.48. The highest BCUT2D eigenvalue weighted by atomic mass is 35.5. The summed E-state index contributed by atoms with van der Waals surface area (Å²) in [6.45, 7) is 0. The second kappa shape index (κ2) is 6.69. The number of rotatable bonds is 5. The number of nitrogen functional groups attached to an aromatic ring is 1. The molecule has 0 saturated carbocycles. The summed E-state index contributed by atoms with van der Waals surface area (Å²) < 4.78 is 12.2. The Bertz CT molecular complexity index is 706. The molecule has 0 heterocycles. The third-order valence-electron chi connectivity index (χ3n) is 2.95. The Kier molecular flexibility index (Phi) is 4.93. The van der Waals surface area contributed by atoms with Crippen molar-refractivity contribution in [1.29, 1.82) is 0 Å². The highest BCUT2D eigenvalue weighted by Gasteiger charge is 2.15. The van der Waals surface area contributed by atoms with Crippen molar-refractivity contribution in [3.63, 3.8) is 0 Å². The zero-order valence-electron chi connectivity index (χ0n) is 11.0. The number of halogens is 1. The molecule has 110 valence electrons. The highest BCUT2D eigenvalue weighted by molar-refractivity contribution is 7.85. The maximum Gasteiger partial charge on any atom is 0.272 e. The van der Waals surface area contributed by atoms with Gasteiger partial charge in [-0.3, -0.25) is 14.3 Å². The Morgan fingerprint density at radius 3 is 2.62 bits per heavy atom. The predicted octanol–water partition coefficient (Wildman–Crippen LogP) is 3.18. The minimum Gasteiger partial charge on any atom is -0.399 e. The molecule has 0 spiro atoms. The lowest BCUT2D eigenvalue weighted by Gasteiger charge is -2.06. The first-order valence-electron chi connectivity index (χ1n) is 6.14. The van der Waals surface area contributed by atoms with Gasteiger partial charge in [0.25, 0.3) is 5.69 Å². The van der Waals surface area contributed by atoms with Gasteiger partial charge >= 0.3 is 0 Å². The summed E-state index contributed by atoms with van der Waals surface area (Å²) >= 11 is 6.01. The summed E-state index contributed by atoms with van der Waals surface area (Å²) in [6.07, 6.45) is 0.338. The molecule has 0 aliphatic carbocycles. The third-order valence-corrected chi connectivity index (χ3v) is 4.79. The fraction of sp³-hybridized carbons (Fsp3) is 0.143. The van der Waals surface area contributed by atoms with Crippen molar-refractivity contribution in [2.45, 2.75) is 11.3 Å². The van der Waals surface area contributed by atoms with Crippen LogP contribution < -0.4 is 5.73 Å². The number of nitro groups is 1. The van der Waals surface area contributed by atoms with Crippen LogP contribution in [0.3, 0.4) is 0 Å². The van der Waals surface area contributed by atoms with Crippen LogP contribution >= 0.6 is 11.6 Å². The Morgan fingerprint density at radius 1 is 1.24 bits per heavy atom. The molecule has 2 N–H and O–H groups in total. The average Bonchev–Trinajstić information content (AvgIpc) is 2.45. The molecule has 7 heteroatoms. The highest BCUT2D eigenvalue weighted by Crippen LogP contribution is 2.24. The van der Waals surface area contributed by atoms with Crippen LogP contribution in [0, 0.1) is 10.1 Å². The molecule has 0 radical (unpaired) electrons. The van der Waals surface area contributed by atoms with Crippen molar-refractivity contribution in [3.05, 3.63) is 63.2 Å². The van der Waals surface area contributed by atoms with Gasteiger partial charge in [0.2, 0.25) is 0 Å². The summed E-state index contributed by atoms with van der Waals surface area (Å²) in [5, 5.41) is 11.3. The lowest BCUT2D eigenvalue weighted by atomic mass is 10.1. The van der Waals surface area contributed by atoms with Gasteiger partial charge in [0.15, 0.2) is 0 Å². The van der Waals surface area contributed by atoms with E-state index in [9.17, 15) is 14.3 Å². The lowest BCUT2D eigenvalue weighted by molar-refractivity contribution is -0.385. The van der Waals surface area contributed by atoms with Gasteiger partial charge in [-0.25, -0.2) is 0 Å². The first kappa shape index (κ1) is 15.5. The summed E-state index contributed by atoms with van der Waals surface area (Å²) in [5.74, 6) is 0.258. The number of benzene rings is 2. The molecule has 0 amide bonds. The molecule has 0 bridgehead atoms. The van der Waals surface area contributed by atoms with E-state index in [1.165, 1.54) is 6.07 Å². The van der Waals surface area contributed by atoms with E-state index in [0.29, 0.717) is 27.6 Å². The van der Waals surface area contributed by atoms with E-state index in [4.69, 9.17) is 17.3 Å². The van der Waals surface area contributed by atoms with Crippen LogP contribution in [0.25, 0.3) is 0 Å². The van der Waals surface area contributed by atoms with E-state index in [0.717, 1.165) is 0 Å². The number of para-hydroxylation sites is 1. The Balaban J connectivity index is 2.13. The topological polar surface area (TPSA) is 86.2 Å². The standard InChI is InChI=1S/C14H13ClN2O3S/c15-12-9-11(16)5-6-14(12)21(20)8-7-10-3-1-2-4-13(10)17(18)19/h1-6,9H,7-8,16H2. The molecule has 1 atom stereocenters. The van der Waals surface area contributed by atoms with Crippen molar-refractivity contribution in [2.75, 3.05) is 11.5 Å². The average molecular weight is 325 g/mol. The minimum atomic E-state index is -1.34. The smallest absolute Gasteiger partial charge is 0.272 e. The molecule has 0 fully saturated rings. The molecule has 0 aromatic heterocycles. The zero-order valence-corrected chi connectivity index (χ0v) is 12.6. The molecular weight excluding hydrogens is 312 g/mol. The largest absolute Gasteiger partial charge is 0.399 e. The number of aryl methyl sites for hydroxylation is 1. The number of hydrogen-bond donors (Lipinski definition) is 1. The van der Waals surface area contributed by atoms with Crippen molar-refractivity contribution in [1.82, 2.24) is 0 Å². The van der Waals surface area contributed by atoms with Gasteiger partial charge < -0.3 is 5.73 Å². The van der Waals surface area contributed by atoms with Gasteiger partial charge in [-0.2, -0.15) is 0 Å². The molecule has 0 aliphatic rings. The van der Waals surface area contributed by atoms with Crippen molar-refractivity contribution >= 4 is 33.8 Å². The second-order valence-electron chi connectivity index (χ2n) is 4.38. The fourth-order valence-electron chi connectivity index (χ4n) is 1.91. The maximum absolute atomic E-state index is 12.2. The normalized spacial score (nSPS) is 12.0. The summed E-state index contributed by atoms with van der Waals surface area (Å²) in [5.41, 5.74) is 6.68. The first-order valence-corrected chi connectivity index (χ1v) is 7.84. The lowest BCUT2D eigenvalue weighted by Crippen LogP contribution is -2.04. The maximum atomic E-state index is 12.2. The molecule has 2 aromatic rings. The van der Waals surface area contributed by atoms with E-state index in [1.54, 1.807) is 36.4 Å². The molecule has 0 aliphatic heterocycles. The van der Waals surface area contributed by atoms with Crippen LogP contribution in [-0.2, 0) is 17.2 Å². The quantitative estimate of drug-likeness (QED) is 0.520. The first-order chi connectivity index (χ1) is 9.99.